The summed E-state index contributed by atoms with van der Waals surface area (Å²) in [4.78, 5) is 0. The van der Waals surface area contributed by atoms with Gasteiger partial charge in [0.1, 0.15) is 0 Å². The molecule has 0 aromatic carbocycles. The third kappa shape index (κ3) is 6.35. The Morgan fingerprint density at radius 3 is 1.30 bits per heavy atom. The summed E-state index contributed by atoms with van der Waals surface area (Å²) in [7, 11) is -3.91. The highest BCUT2D eigenvalue weighted by molar-refractivity contribution is 7.85. The predicted molar refractivity (Wildman–Crippen MR) is 95.3 cm³/mol. The third-order valence-electron chi connectivity index (χ3n) is 6.13. The number of nitrogens with zero attached hydrogens (tertiary/aromatic N) is 1. The highest BCUT2D eigenvalue weighted by Gasteiger charge is 2.41. The molecule has 0 aromatic heterocycles. The van der Waals surface area contributed by atoms with E-state index in [4.69, 9.17) is 0 Å². The Kier molecular flexibility index (Phi) is 9.09. The second-order valence-corrected chi connectivity index (χ2v) is 8.86. The topological polar surface area (TPSA) is 57.2 Å². The Bertz CT molecular complexity index is 386. The lowest BCUT2D eigenvalue weighted by molar-refractivity contribution is -0.972. The van der Waals surface area contributed by atoms with Gasteiger partial charge in [-0.3, -0.25) is 0 Å². The van der Waals surface area contributed by atoms with Crippen molar-refractivity contribution < 1.29 is 17.5 Å². The van der Waals surface area contributed by atoms with Crippen molar-refractivity contribution in [3.8, 4) is 0 Å². The van der Waals surface area contributed by atoms with Crippen LogP contribution in [0.1, 0.15) is 85.0 Å². The van der Waals surface area contributed by atoms with Gasteiger partial charge in [0, 0.05) is 5.75 Å². The van der Waals surface area contributed by atoms with Gasteiger partial charge in [-0.1, -0.05) is 19.8 Å². The molecule has 2 saturated carbocycles. The van der Waals surface area contributed by atoms with Crippen molar-refractivity contribution in [2.75, 3.05) is 18.8 Å². The van der Waals surface area contributed by atoms with Crippen LogP contribution in [-0.2, 0) is 10.1 Å². The fourth-order valence-corrected chi connectivity index (χ4v) is 4.75. The second-order valence-electron chi connectivity index (χ2n) is 7.17. The van der Waals surface area contributed by atoms with Gasteiger partial charge in [-0.2, -0.15) is 0 Å². The summed E-state index contributed by atoms with van der Waals surface area (Å²) in [6.45, 7) is 8.97. The quantitative estimate of drug-likeness (QED) is 0.556. The summed E-state index contributed by atoms with van der Waals surface area (Å²) in [5, 5.41) is 0. The zero-order valence-electron chi connectivity index (χ0n) is 15.4. The van der Waals surface area contributed by atoms with E-state index in [1.807, 2.05) is 0 Å². The van der Waals surface area contributed by atoms with Crippen LogP contribution in [0.4, 0.5) is 0 Å². The zero-order valence-corrected chi connectivity index (χ0v) is 16.2. The van der Waals surface area contributed by atoms with Gasteiger partial charge in [-0.25, -0.2) is 8.42 Å². The summed E-state index contributed by atoms with van der Waals surface area (Å²) in [6.07, 6.45) is 15.0. The normalized spacial score (nSPS) is 21.6. The van der Waals surface area contributed by atoms with E-state index in [2.05, 4.69) is 13.8 Å². The van der Waals surface area contributed by atoms with Crippen molar-refractivity contribution in [2.24, 2.45) is 0 Å². The lowest BCUT2D eigenvalue weighted by atomic mass is 9.85. The van der Waals surface area contributed by atoms with Crippen molar-refractivity contribution in [3.63, 3.8) is 0 Å². The van der Waals surface area contributed by atoms with Crippen LogP contribution < -0.4 is 0 Å². The molecule has 0 aliphatic heterocycles. The van der Waals surface area contributed by atoms with Gasteiger partial charge in [-0.05, 0) is 65.2 Å². The van der Waals surface area contributed by atoms with E-state index in [9.17, 15) is 13.0 Å². The summed E-state index contributed by atoms with van der Waals surface area (Å²) in [5.41, 5.74) is 0. The van der Waals surface area contributed by atoms with Crippen molar-refractivity contribution in [3.05, 3.63) is 0 Å². The van der Waals surface area contributed by atoms with Crippen LogP contribution in [0.3, 0.4) is 0 Å². The molecule has 0 heterocycles. The molecule has 2 aliphatic carbocycles. The van der Waals surface area contributed by atoms with Crippen LogP contribution in [0, 0.1) is 0 Å². The Hall–Kier alpha value is -0.130. The molecule has 0 amide bonds. The van der Waals surface area contributed by atoms with Gasteiger partial charge in [-0.15, -0.1) is 0 Å². The fourth-order valence-electron chi connectivity index (χ4n) is 4.75. The predicted octanol–water partition coefficient (Wildman–Crippen LogP) is 4.06. The molecule has 0 saturated heterocycles. The molecule has 23 heavy (non-hydrogen) atoms. The maximum absolute atomic E-state index is 9.44. The van der Waals surface area contributed by atoms with Crippen LogP contribution in [0.5, 0.6) is 0 Å². The van der Waals surface area contributed by atoms with Crippen LogP contribution in [-0.4, -0.2) is 48.4 Å². The monoisotopic (exact) mass is 347 g/mol. The minimum atomic E-state index is -3.91. The molecule has 4 nitrogen and oxygen atoms in total. The minimum absolute atomic E-state index is 0.312. The minimum Gasteiger partial charge on any atom is -0.748 e. The summed E-state index contributed by atoms with van der Waals surface area (Å²) >= 11 is 0. The maximum Gasteiger partial charge on any atom is 0.0943 e. The Labute approximate surface area is 144 Å². The van der Waals surface area contributed by atoms with Crippen LogP contribution in [0.2, 0.25) is 0 Å². The number of quaternary nitrogens is 1. The van der Waals surface area contributed by atoms with Crippen molar-refractivity contribution >= 4 is 10.1 Å². The smallest absolute Gasteiger partial charge is 0.0943 e. The highest BCUT2D eigenvalue weighted by Crippen LogP contribution is 2.36. The lowest BCUT2D eigenvalue weighted by Gasteiger charge is -2.51. The third-order valence-corrected chi connectivity index (χ3v) is 6.84. The number of hydrogen-bond donors (Lipinski definition) is 0. The van der Waals surface area contributed by atoms with Gasteiger partial charge in [0.15, 0.2) is 0 Å². The Morgan fingerprint density at radius 2 is 1.09 bits per heavy atom. The number of hydrogen-bond acceptors (Lipinski definition) is 3. The standard InChI is InChI=1S/C16H32N.C2H6O3S/c1-3-17(4-2,15-11-7-5-8-12-15)16-13-9-6-10-14-16;1-2-6(3,4)5/h15-16H,3-14H2,1-2H3;2H2,1H3,(H,3,4,5)/q+1;/p-1. The average Bonchev–Trinajstić information content (AvgIpc) is 2.58. The van der Waals surface area contributed by atoms with Crippen molar-refractivity contribution in [1.82, 2.24) is 0 Å². The molecule has 0 aromatic rings. The van der Waals surface area contributed by atoms with E-state index >= 15 is 0 Å². The van der Waals surface area contributed by atoms with Gasteiger partial charge in [0.05, 0.1) is 35.3 Å². The summed E-state index contributed by atoms with van der Waals surface area (Å²) in [5.74, 6) is -0.312. The summed E-state index contributed by atoms with van der Waals surface area (Å²) < 4.78 is 29.8. The maximum atomic E-state index is 9.44. The molecule has 2 fully saturated rings. The molecule has 0 N–H and O–H groups in total. The van der Waals surface area contributed by atoms with Crippen LogP contribution >= 0.6 is 0 Å². The number of rotatable bonds is 5. The molecule has 0 radical (unpaired) electrons. The summed E-state index contributed by atoms with van der Waals surface area (Å²) in [6, 6.07) is 2.00. The lowest BCUT2D eigenvalue weighted by Crippen LogP contribution is -2.62. The Morgan fingerprint density at radius 1 is 0.783 bits per heavy atom. The molecule has 0 spiro atoms. The highest BCUT2D eigenvalue weighted by atomic mass is 32.2. The van der Waals surface area contributed by atoms with Crippen molar-refractivity contribution in [1.29, 1.82) is 0 Å². The van der Waals surface area contributed by atoms with Gasteiger partial charge >= 0.3 is 0 Å². The Balaban J connectivity index is 0.000000379. The molecule has 0 bridgehead atoms. The first-order chi connectivity index (χ1) is 10.9. The van der Waals surface area contributed by atoms with Gasteiger partial charge < -0.3 is 9.04 Å². The molecule has 2 aliphatic rings. The largest absolute Gasteiger partial charge is 0.748 e. The first kappa shape index (κ1) is 20.9. The average molecular weight is 348 g/mol. The van der Waals surface area contributed by atoms with Crippen molar-refractivity contribution in [2.45, 2.75) is 97.1 Å². The molecule has 2 rings (SSSR count). The first-order valence-electron chi connectivity index (χ1n) is 9.69. The van der Waals surface area contributed by atoms with Crippen LogP contribution in [0.25, 0.3) is 0 Å². The SMILES string of the molecule is CCS(=O)(=O)[O-].CC[N+](CC)(C1CCCCC1)C1CCCCC1. The fraction of sp³-hybridized carbons (Fsp3) is 1.00. The molecule has 138 valence electrons. The zero-order chi connectivity index (χ0) is 17.3. The van der Waals surface area contributed by atoms with E-state index in [0.717, 1.165) is 12.1 Å². The molecular weight excluding hydrogens is 310 g/mol. The second kappa shape index (κ2) is 10.00. The molecule has 0 unspecified atom stereocenters. The van der Waals surface area contributed by atoms with Gasteiger partial charge in [0.2, 0.25) is 0 Å². The van der Waals surface area contributed by atoms with Gasteiger partial charge in [0.25, 0.3) is 0 Å². The molecule has 0 atom stereocenters. The van der Waals surface area contributed by atoms with E-state index < -0.39 is 10.1 Å². The van der Waals surface area contributed by atoms with Crippen LogP contribution in [0.15, 0.2) is 0 Å². The molecular formula is C18H37NO3S. The van der Waals surface area contributed by atoms with E-state index in [0.29, 0.717) is 0 Å². The van der Waals surface area contributed by atoms with E-state index in [1.165, 1.54) is 88.7 Å². The first-order valence-corrected chi connectivity index (χ1v) is 11.3. The molecule has 5 heteroatoms. The van der Waals surface area contributed by atoms with E-state index in [1.54, 1.807) is 0 Å². The van der Waals surface area contributed by atoms with E-state index in [-0.39, 0.29) is 5.75 Å².